The maximum Gasteiger partial charge on any atom is 0.254 e. The number of nitrogens with zero attached hydrogens (tertiary/aromatic N) is 4. The van der Waals surface area contributed by atoms with Gasteiger partial charge in [0, 0.05) is 46.6 Å². The lowest BCUT2D eigenvalue weighted by Gasteiger charge is -2.17. The van der Waals surface area contributed by atoms with E-state index in [1.807, 2.05) is 28.8 Å². The lowest BCUT2D eigenvalue weighted by atomic mass is 9.91. The Labute approximate surface area is 205 Å². The molecule has 178 valence electrons. The van der Waals surface area contributed by atoms with Crippen LogP contribution in [0.3, 0.4) is 0 Å². The van der Waals surface area contributed by atoms with Crippen molar-refractivity contribution in [1.82, 2.24) is 24.7 Å². The highest BCUT2D eigenvalue weighted by molar-refractivity contribution is 5.95. The highest BCUT2D eigenvalue weighted by atomic mass is 19.1. The summed E-state index contributed by atoms with van der Waals surface area (Å²) in [5.41, 5.74) is 3.00. The van der Waals surface area contributed by atoms with Crippen molar-refractivity contribution >= 4 is 22.6 Å². The predicted molar refractivity (Wildman–Crippen MR) is 131 cm³/mol. The van der Waals surface area contributed by atoms with E-state index in [2.05, 4.69) is 32.4 Å². The number of rotatable bonds is 5. The number of imidazole rings is 1. The normalized spacial score (nSPS) is 16.4. The van der Waals surface area contributed by atoms with Crippen LogP contribution in [0, 0.1) is 11.6 Å². The van der Waals surface area contributed by atoms with Crippen molar-refractivity contribution in [2.45, 2.75) is 37.1 Å². The molecule has 8 heteroatoms. The van der Waals surface area contributed by atoms with Gasteiger partial charge in [-0.2, -0.15) is 0 Å². The van der Waals surface area contributed by atoms with Gasteiger partial charge in [0.25, 0.3) is 5.91 Å². The Morgan fingerprint density at radius 1 is 1.00 bits per heavy atom. The van der Waals surface area contributed by atoms with Crippen molar-refractivity contribution in [3.8, 4) is 11.1 Å². The van der Waals surface area contributed by atoms with Crippen molar-refractivity contribution in [1.29, 1.82) is 0 Å². The maximum absolute atomic E-state index is 15.1. The zero-order valence-electron chi connectivity index (χ0n) is 19.2. The molecule has 0 spiro atoms. The molecule has 2 aliphatic rings. The molecule has 2 saturated carbocycles. The minimum atomic E-state index is -0.765. The van der Waals surface area contributed by atoms with Gasteiger partial charge in [-0.05, 0) is 61.6 Å². The molecule has 0 aliphatic heterocycles. The van der Waals surface area contributed by atoms with E-state index in [-0.39, 0.29) is 22.6 Å². The SMILES string of the molecule is O=C(NC1CC1)c1cc(F)c(-c2cnc3ncc(C4(c5ccc6ncccc6c5)CC4)n3c2)cc1F. The number of halogens is 2. The van der Waals surface area contributed by atoms with Crippen LogP contribution in [0.4, 0.5) is 8.78 Å². The largest absolute Gasteiger partial charge is 0.349 e. The first-order chi connectivity index (χ1) is 17.5. The van der Waals surface area contributed by atoms with Crippen LogP contribution in [0.25, 0.3) is 27.8 Å². The van der Waals surface area contributed by atoms with Crippen LogP contribution in [-0.2, 0) is 5.41 Å². The third-order valence-electron chi connectivity index (χ3n) is 7.29. The van der Waals surface area contributed by atoms with Gasteiger partial charge >= 0.3 is 0 Å². The van der Waals surface area contributed by atoms with Crippen LogP contribution >= 0.6 is 0 Å². The third-order valence-corrected chi connectivity index (χ3v) is 7.29. The smallest absolute Gasteiger partial charge is 0.254 e. The van der Waals surface area contributed by atoms with Crippen molar-refractivity contribution in [3.05, 3.63) is 95.7 Å². The zero-order valence-corrected chi connectivity index (χ0v) is 19.2. The second kappa shape index (κ2) is 7.65. The Bertz CT molecular complexity index is 1690. The number of hydrogen-bond acceptors (Lipinski definition) is 4. The molecule has 1 N–H and O–H groups in total. The van der Waals surface area contributed by atoms with Crippen molar-refractivity contribution < 1.29 is 13.6 Å². The van der Waals surface area contributed by atoms with Crippen molar-refractivity contribution in [2.24, 2.45) is 0 Å². The van der Waals surface area contributed by atoms with Gasteiger partial charge in [0.05, 0.1) is 23.0 Å². The molecule has 3 aromatic heterocycles. The number of hydrogen-bond donors (Lipinski definition) is 1. The van der Waals surface area contributed by atoms with Gasteiger partial charge in [-0.3, -0.25) is 14.2 Å². The summed E-state index contributed by atoms with van der Waals surface area (Å²) in [6, 6.07) is 12.3. The third kappa shape index (κ3) is 3.36. The standard InChI is InChI=1S/C28H21F2N5O/c29-22-12-21(26(36)34-19-4-5-19)23(30)11-20(22)17-13-32-27-33-14-25(35(27)15-17)28(7-8-28)18-3-6-24-16(10-18)2-1-9-31-24/h1-3,6,9-15,19H,4-5,7-8H2,(H,34,36). The molecule has 7 rings (SSSR count). The summed E-state index contributed by atoms with van der Waals surface area (Å²) in [7, 11) is 0. The lowest BCUT2D eigenvalue weighted by molar-refractivity contribution is 0.0946. The fourth-order valence-corrected chi connectivity index (χ4v) is 4.99. The van der Waals surface area contributed by atoms with E-state index in [9.17, 15) is 9.18 Å². The number of fused-ring (bicyclic) bond motifs is 2. The number of carbonyl (C=O) groups excluding carboxylic acids is 1. The summed E-state index contributed by atoms with van der Waals surface area (Å²) in [4.78, 5) is 25.6. The van der Waals surface area contributed by atoms with Gasteiger partial charge in [0.1, 0.15) is 11.6 Å². The Morgan fingerprint density at radius 2 is 1.83 bits per heavy atom. The summed E-state index contributed by atoms with van der Waals surface area (Å²) in [6.45, 7) is 0. The van der Waals surface area contributed by atoms with Gasteiger partial charge in [-0.1, -0.05) is 12.1 Å². The van der Waals surface area contributed by atoms with E-state index >= 15 is 4.39 Å². The molecular weight excluding hydrogens is 460 g/mol. The number of aromatic nitrogens is 4. The summed E-state index contributed by atoms with van der Waals surface area (Å²) in [5, 5.41) is 3.77. The van der Waals surface area contributed by atoms with E-state index in [0.717, 1.165) is 54.4 Å². The number of carbonyl (C=O) groups is 1. The van der Waals surface area contributed by atoms with E-state index in [1.165, 1.54) is 11.8 Å². The van der Waals surface area contributed by atoms with Crippen LogP contribution in [-0.4, -0.2) is 31.3 Å². The summed E-state index contributed by atoms with van der Waals surface area (Å²) < 4.78 is 31.8. The minimum absolute atomic E-state index is 0.0474. The Hall–Kier alpha value is -4.20. The van der Waals surface area contributed by atoms with Gasteiger partial charge in [-0.25, -0.2) is 18.7 Å². The van der Waals surface area contributed by atoms with Gasteiger partial charge in [0.15, 0.2) is 0 Å². The van der Waals surface area contributed by atoms with E-state index < -0.39 is 17.5 Å². The molecule has 6 nitrogen and oxygen atoms in total. The first-order valence-corrected chi connectivity index (χ1v) is 12.0. The van der Waals surface area contributed by atoms with E-state index in [4.69, 9.17) is 0 Å². The molecule has 5 aromatic rings. The molecule has 0 radical (unpaired) electrons. The van der Waals surface area contributed by atoms with Crippen molar-refractivity contribution in [3.63, 3.8) is 0 Å². The molecular formula is C28H21F2N5O. The van der Waals surface area contributed by atoms with Gasteiger partial charge in [0.2, 0.25) is 5.78 Å². The molecule has 0 unspecified atom stereocenters. The highest BCUT2D eigenvalue weighted by Crippen LogP contribution is 2.53. The summed E-state index contributed by atoms with van der Waals surface area (Å²) in [5.74, 6) is -1.54. The van der Waals surface area contributed by atoms with E-state index in [1.54, 1.807) is 12.4 Å². The summed E-state index contributed by atoms with van der Waals surface area (Å²) >= 11 is 0. The first-order valence-electron chi connectivity index (χ1n) is 12.0. The molecule has 3 heterocycles. The number of amides is 1. The molecule has 1 amide bonds. The van der Waals surface area contributed by atoms with Crippen LogP contribution in [0.2, 0.25) is 0 Å². The molecule has 0 saturated heterocycles. The number of benzene rings is 2. The highest BCUT2D eigenvalue weighted by Gasteiger charge is 2.48. The van der Waals surface area contributed by atoms with Crippen LogP contribution < -0.4 is 5.32 Å². The Kier molecular flexibility index (Phi) is 4.49. The quantitative estimate of drug-likeness (QED) is 0.375. The first kappa shape index (κ1) is 21.1. The second-order valence-electron chi connectivity index (χ2n) is 9.71. The second-order valence-corrected chi connectivity index (χ2v) is 9.71. The molecule has 36 heavy (non-hydrogen) atoms. The molecule has 2 aromatic carbocycles. The van der Waals surface area contributed by atoms with Crippen LogP contribution in [0.5, 0.6) is 0 Å². The van der Waals surface area contributed by atoms with E-state index in [0.29, 0.717) is 11.3 Å². The topological polar surface area (TPSA) is 72.2 Å². The lowest BCUT2D eigenvalue weighted by Crippen LogP contribution is -2.26. The fourth-order valence-electron chi connectivity index (χ4n) is 4.99. The number of pyridine rings is 1. The monoisotopic (exact) mass is 481 g/mol. The molecule has 2 fully saturated rings. The predicted octanol–water partition coefficient (Wildman–Crippen LogP) is 5.19. The Balaban J connectivity index is 1.29. The zero-order chi connectivity index (χ0) is 24.4. The van der Waals surface area contributed by atoms with Crippen LogP contribution in [0.1, 0.15) is 47.3 Å². The Morgan fingerprint density at radius 3 is 2.64 bits per heavy atom. The van der Waals surface area contributed by atoms with Gasteiger partial charge in [-0.15, -0.1) is 0 Å². The van der Waals surface area contributed by atoms with Crippen molar-refractivity contribution in [2.75, 3.05) is 0 Å². The number of nitrogens with one attached hydrogen (secondary N) is 1. The minimum Gasteiger partial charge on any atom is -0.349 e. The van der Waals surface area contributed by atoms with Crippen LogP contribution in [0.15, 0.2) is 67.3 Å². The van der Waals surface area contributed by atoms with Gasteiger partial charge < -0.3 is 5.32 Å². The maximum atomic E-state index is 15.1. The molecule has 0 atom stereocenters. The molecule has 0 bridgehead atoms. The average molecular weight is 482 g/mol. The summed E-state index contributed by atoms with van der Waals surface area (Å²) in [6.07, 6.45) is 10.4. The average Bonchev–Trinajstić information content (AvgIpc) is 3.83. The molecule has 2 aliphatic carbocycles. The fraction of sp³-hybridized carbons (Fsp3) is 0.214.